The predicted octanol–water partition coefficient (Wildman–Crippen LogP) is 2.41. The summed E-state index contributed by atoms with van der Waals surface area (Å²) in [5.74, 6) is -2.26. The lowest BCUT2D eigenvalue weighted by Crippen LogP contribution is -2.22. The summed E-state index contributed by atoms with van der Waals surface area (Å²) in [5.41, 5.74) is -0.418. The largest absolute Gasteiger partial charge is 0.295 e. The molecule has 1 heterocycles. The van der Waals surface area contributed by atoms with Crippen molar-refractivity contribution in [2.24, 2.45) is 0 Å². The van der Waals surface area contributed by atoms with Crippen molar-refractivity contribution in [1.82, 2.24) is 5.32 Å². The molecule has 19 heavy (non-hydrogen) atoms. The Morgan fingerprint density at radius 2 is 1.89 bits per heavy atom. The topological polar surface area (TPSA) is 89.3 Å². The summed E-state index contributed by atoms with van der Waals surface area (Å²) in [4.78, 5) is 32.6. The molecule has 2 unspecified atom stereocenters. The molecule has 2 rings (SSSR count). The zero-order valence-electron chi connectivity index (χ0n) is 9.02. The number of imide groups is 1. The fourth-order valence-electron chi connectivity index (χ4n) is 1.86. The zero-order chi connectivity index (χ0) is 14.3. The lowest BCUT2D eigenvalue weighted by atomic mass is 9.95. The van der Waals surface area contributed by atoms with Crippen LogP contribution in [0, 0.1) is 10.1 Å². The molecular weight excluding hydrogens is 363 g/mol. The monoisotopic (exact) mass is 366 g/mol. The van der Waals surface area contributed by atoms with Crippen LogP contribution < -0.4 is 5.32 Å². The van der Waals surface area contributed by atoms with Gasteiger partial charge in [-0.05, 0) is 6.07 Å². The van der Waals surface area contributed by atoms with E-state index in [1.165, 1.54) is 6.07 Å². The van der Waals surface area contributed by atoms with Crippen LogP contribution in [-0.2, 0) is 9.59 Å². The van der Waals surface area contributed by atoms with Gasteiger partial charge >= 0.3 is 0 Å². The summed E-state index contributed by atoms with van der Waals surface area (Å²) >= 11 is 14.7. The van der Waals surface area contributed by atoms with Crippen molar-refractivity contribution in [1.29, 1.82) is 0 Å². The second-order valence-corrected chi connectivity index (χ2v) is 5.64. The maximum Gasteiger partial charge on any atom is 0.276 e. The summed E-state index contributed by atoms with van der Waals surface area (Å²) in [6.45, 7) is 0. The van der Waals surface area contributed by atoms with Gasteiger partial charge in [0, 0.05) is 11.1 Å². The van der Waals surface area contributed by atoms with Crippen LogP contribution in [0.3, 0.4) is 0 Å². The smallest absolute Gasteiger partial charge is 0.276 e. The molecule has 1 aliphatic rings. The number of nitrogens with one attached hydrogen (secondary N) is 1. The molecule has 2 amide bonds. The number of benzene rings is 1. The van der Waals surface area contributed by atoms with Gasteiger partial charge in [-0.25, -0.2) is 0 Å². The van der Waals surface area contributed by atoms with Crippen LogP contribution in [-0.4, -0.2) is 21.6 Å². The van der Waals surface area contributed by atoms with Crippen LogP contribution in [0.2, 0.25) is 10.0 Å². The Morgan fingerprint density at radius 3 is 2.37 bits per heavy atom. The van der Waals surface area contributed by atoms with Crippen molar-refractivity contribution in [3.05, 3.63) is 37.9 Å². The molecule has 100 valence electrons. The third kappa shape index (κ3) is 2.45. The summed E-state index contributed by atoms with van der Waals surface area (Å²) in [6.07, 6.45) is 0. The minimum Gasteiger partial charge on any atom is -0.295 e. The van der Waals surface area contributed by atoms with Gasteiger partial charge in [0.25, 0.3) is 5.69 Å². The molecule has 0 radical (unpaired) electrons. The lowest BCUT2D eigenvalue weighted by molar-refractivity contribution is -0.385. The first-order valence-corrected chi connectivity index (χ1v) is 6.62. The molecule has 6 nitrogen and oxygen atoms in total. The minimum absolute atomic E-state index is 0.0266. The third-order valence-corrected chi connectivity index (χ3v) is 4.13. The normalized spacial score (nSPS) is 22.5. The van der Waals surface area contributed by atoms with Crippen LogP contribution in [0.15, 0.2) is 12.1 Å². The van der Waals surface area contributed by atoms with Crippen LogP contribution in [0.1, 0.15) is 11.5 Å². The number of nitrogens with zero attached hydrogens (tertiary/aromatic N) is 1. The molecule has 1 aromatic carbocycles. The van der Waals surface area contributed by atoms with Crippen molar-refractivity contribution in [2.45, 2.75) is 10.7 Å². The Balaban J connectivity index is 2.65. The van der Waals surface area contributed by atoms with Crippen molar-refractivity contribution in [3.8, 4) is 0 Å². The van der Waals surface area contributed by atoms with Gasteiger partial charge in [0.2, 0.25) is 11.8 Å². The van der Waals surface area contributed by atoms with E-state index in [-0.39, 0.29) is 15.6 Å². The Labute approximate surface area is 125 Å². The van der Waals surface area contributed by atoms with Gasteiger partial charge in [-0.2, -0.15) is 0 Å². The average molecular weight is 368 g/mol. The number of amides is 2. The number of carbonyl (C=O) groups excluding carboxylic acids is 2. The molecule has 0 aromatic heterocycles. The number of alkyl halides is 1. The van der Waals surface area contributed by atoms with E-state index >= 15 is 0 Å². The number of hydrogen-bond donors (Lipinski definition) is 1. The Morgan fingerprint density at radius 1 is 1.26 bits per heavy atom. The number of hydrogen-bond acceptors (Lipinski definition) is 4. The molecule has 0 aliphatic carbocycles. The maximum absolute atomic E-state index is 11.7. The molecule has 9 heteroatoms. The van der Waals surface area contributed by atoms with Gasteiger partial charge in [-0.3, -0.25) is 25.0 Å². The van der Waals surface area contributed by atoms with E-state index in [9.17, 15) is 19.7 Å². The number of carbonyl (C=O) groups is 2. The number of rotatable bonds is 2. The van der Waals surface area contributed by atoms with E-state index in [4.69, 9.17) is 23.2 Å². The maximum atomic E-state index is 11.7. The second kappa shape index (κ2) is 5.07. The van der Waals surface area contributed by atoms with E-state index < -0.39 is 33.2 Å². The average Bonchev–Trinajstić information content (AvgIpc) is 2.53. The van der Waals surface area contributed by atoms with E-state index in [0.29, 0.717) is 0 Å². The molecular formula is C10H5BrCl2N2O4. The Bertz CT molecular complexity index is 607. The summed E-state index contributed by atoms with van der Waals surface area (Å²) in [6, 6.07) is 2.39. The fourth-order valence-corrected chi connectivity index (χ4v) is 3.08. The molecule has 2 atom stereocenters. The summed E-state index contributed by atoms with van der Waals surface area (Å²) in [5, 5.41) is 13.2. The van der Waals surface area contributed by atoms with E-state index in [2.05, 4.69) is 21.2 Å². The lowest BCUT2D eigenvalue weighted by Gasteiger charge is -2.12. The molecule has 1 aliphatic heterocycles. The van der Waals surface area contributed by atoms with Crippen LogP contribution in [0.5, 0.6) is 0 Å². The number of nitro groups is 1. The molecule has 1 fully saturated rings. The summed E-state index contributed by atoms with van der Waals surface area (Å²) in [7, 11) is 0. The minimum atomic E-state index is -1.06. The standard InChI is InChI=1S/C10H5BrCl2N2O4/c11-8-7(9(16)14-10(8)17)6-4(13)1-3(12)2-5(6)15(18)19/h1-2,7-8H,(H,14,16,17). The van der Waals surface area contributed by atoms with Crippen molar-refractivity contribution >= 4 is 56.6 Å². The van der Waals surface area contributed by atoms with Crippen molar-refractivity contribution in [3.63, 3.8) is 0 Å². The van der Waals surface area contributed by atoms with Gasteiger partial charge < -0.3 is 0 Å². The molecule has 1 N–H and O–H groups in total. The number of halogens is 3. The van der Waals surface area contributed by atoms with Crippen molar-refractivity contribution < 1.29 is 14.5 Å². The Kier molecular flexibility index (Phi) is 3.80. The molecule has 0 spiro atoms. The van der Waals surface area contributed by atoms with Crippen molar-refractivity contribution in [2.75, 3.05) is 0 Å². The van der Waals surface area contributed by atoms with Gasteiger partial charge in [-0.1, -0.05) is 39.1 Å². The van der Waals surface area contributed by atoms with Gasteiger partial charge in [-0.15, -0.1) is 0 Å². The van der Waals surface area contributed by atoms with E-state index in [1.807, 2.05) is 0 Å². The van der Waals surface area contributed by atoms with Gasteiger partial charge in [0.05, 0.1) is 21.4 Å². The predicted molar refractivity (Wildman–Crippen MR) is 71.7 cm³/mol. The first-order valence-electron chi connectivity index (χ1n) is 4.95. The van der Waals surface area contributed by atoms with E-state index in [1.54, 1.807) is 0 Å². The highest BCUT2D eigenvalue weighted by Gasteiger charge is 2.45. The molecule has 1 saturated heterocycles. The molecule has 0 saturated carbocycles. The number of nitro benzene ring substituents is 1. The van der Waals surface area contributed by atoms with Crippen LogP contribution >= 0.6 is 39.1 Å². The summed E-state index contributed by atoms with van der Waals surface area (Å²) < 4.78 is 0. The second-order valence-electron chi connectivity index (χ2n) is 3.81. The third-order valence-electron chi connectivity index (χ3n) is 2.65. The highest BCUT2D eigenvalue weighted by atomic mass is 79.9. The first-order chi connectivity index (χ1) is 8.82. The van der Waals surface area contributed by atoms with Gasteiger partial charge in [0.1, 0.15) is 4.83 Å². The fraction of sp³-hybridized carbons (Fsp3) is 0.200. The molecule has 0 bridgehead atoms. The highest BCUT2D eigenvalue weighted by Crippen LogP contribution is 2.41. The van der Waals surface area contributed by atoms with Gasteiger partial charge in [0.15, 0.2) is 0 Å². The van der Waals surface area contributed by atoms with Crippen LogP contribution in [0.4, 0.5) is 5.69 Å². The quantitative estimate of drug-likeness (QED) is 0.376. The van der Waals surface area contributed by atoms with Crippen LogP contribution in [0.25, 0.3) is 0 Å². The SMILES string of the molecule is O=C1NC(=O)C(c2c(Cl)cc(Cl)cc2[N+](=O)[O-])C1Br. The first kappa shape index (κ1) is 14.2. The molecule has 1 aromatic rings. The Hall–Kier alpha value is -1.18. The highest BCUT2D eigenvalue weighted by molar-refractivity contribution is 9.10. The zero-order valence-corrected chi connectivity index (χ0v) is 12.1. The van der Waals surface area contributed by atoms with E-state index in [0.717, 1.165) is 6.07 Å².